The molecule has 3 rings (SSSR count). The molecule has 2 heterocycles. The smallest absolute Gasteiger partial charge is 0.378 e. The highest BCUT2D eigenvalue weighted by atomic mass is 16.5. The van der Waals surface area contributed by atoms with Gasteiger partial charge in [-0.05, 0) is 19.4 Å². The summed E-state index contributed by atoms with van der Waals surface area (Å²) in [5.74, 6) is -0.175. The van der Waals surface area contributed by atoms with Crippen molar-refractivity contribution in [2.24, 2.45) is 0 Å². The van der Waals surface area contributed by atoms with Crippen molar-refractivity contribution < 1.29 is 19.1 Å². The summed E-state index contributed by atoms with van der Waals surface area (Å²) in [6, 6.07) is 9.28. The predicted octanol–water partition coefficient (Wildman–Crippen LogP) is 2.25. The Balaban J connectivity index is 1.80. The number of carbonyl (C=O) groups is 2. The third-order valence-electron chi connectivity index (χ3n) is 3.90. The van der Waals surface area contributed by atoms with E-state index in [0.29, 0.717) is 18.9 Å². The molecule has 0 radical (unpaired) electrons. The van der Waals surface area contributed by atoms with E-state index in [9.17, 15) is 9.59 Å². The lowest BCUT2D eigenvalue weighted by Gasteiger charge is -2.11. The first-order valence-corrected chi connectivity index (χ1v) is 7.89. The quantitative estimate of drug-likeness (QED) is 0.756. The minimum Gasteiger partial charge on any atom is -0.460 e. The number of fused-ring (bicyclic) bond motifs is 1. The van der Waals surface area contributed by atoms with Crippen molar-refractivity contribution in [3.8, 4) is 0 Å². The van der Waals surface area contributed by atoms with Crippen LogP contribution in [0.5, 0.6) is 0 Å². The van der Waals surface area contributed by atoms with Gasteiger partial charge in [0.25, 0.3) is 5.82 Å². The number of esters is 1. The third kappa shape index (κ3) is 3.21. The summed E-state index contributed by atoms with van der Waals surface area (Å²) in [5.41, 5.74) is 1.03. The fourth-order valence-electron chi connectivity index (χ4n) is 2.73. The number of aromatic nitrogens is 3. The van der Waals surface area contributed by atoms with E-state index in [-0.39, 0.29) is 24.3 Å². The molecular weight excluding hydrogens is 310 g/mol. The molecule has 0 aliphatic carbocycles. The van der Waals surface area contributed by atoms with E-state index < -0.39 is 12.0 Å². The number of ketones is 1. The molecule has 0 fully saturated rings. The first kappa shape index (κ1) is 16.3. The molecule has 7 nitrogen and oxygen atoms in total. The Hall–Kier alpha value is -2.54. The molecule has 1 aromatic carbocycles. The molecule has 0 saturated heterocycles. The van der Waals surface area contributed by atoms with Crippen molar-refractivity contribution in [1.29, 1.82) is 0 Å². The van der Waals surface area contributed by atoms with Crippen molar-refractivity contribution in [2.75, 3.05) is 6.61 Å². The second-order valence-electron chi connectivity index (χ2n) is 5.61. The van der Waals surface area contributed by atoms with Gasteiger partial charge in [0.15, 0.2) is 11.6 Å². The molecule has 1 aromatic heterocycles. The second-order valence-corrected chi connectivity index (χ2v) is 5.61. The van der Waals surface area contributed by atoms with Crippen LogP contribution in [-0.4, -0.2) is 33.1 Å². The average Bonchev–Trinajstić information content (AvgIpc) is 3.13. The molecule has 126 valence electrons. The normalized spacial score (nSPS) is 19.1. The Morgan fingerprint density at radius 3 is 2.71 bits per heavy atom. The number of carbonyl (C=O) groups excluding carboxylic acids is 2. The predicted molar refractivity (Wildman–Crippen MR) is 84.3 cm³/mol. The van der Waals surface area contributed by atoms with Crippen LogP contribution in [0.2, 0.25) is 0 Å². The molecule has 2 unspecified atom stereocenters. The van der Waals surface area contributed by atoms with Gasteiger partial charge in [0.05, 0.1) is 13.2 Å². The van der Waals surface area contributed by atoms with Crippen molar-refractivity contribution in [1.82, 2.24) is 14.8 Å². The molecule has 2 aromatic rings. The molecule has 7 heteroatoms. The van der Waals surface area contributed by atoms with E-state index in [0.717, 1.165) is 5.56 Å². The van der Waals surface area contributed by atoms with Crippen LogP contribution < -0.4 is 0 Å². The molecule has 0 spiro atoms. The summed E-state index contributed by atoms with van der Waals surface area (Å²) in [4.78, 5) is 27.9. The Bertz CT molecular complexity index is 742. The maximum atomic E-state index is 11.9. The number of benzene rings is 1. The fraction of sp³-hybridized carbons (Fsp3) is 0.412. The molecule has 1 aliphatic heterocycles. The van der Waals surface area contributed by atoms with Gasteiger partial charge in [-0.1, -0.05) is 30.3 Å². The minimum atomic E-state index is -0.594. The Kier molecular flexibility index (Phi) is 4.71. The second kappa shape index (κ2) is 6.92. The Morgan fingerprint density at radius 1 is 1.29 bits per heavy atom. The summed E-state index contributed by atoms with van der Waals surface area (Å²) in [6.45, 7) is 3.86. The van der Waals surface area contributed by atoms with Gasteiger partial charge >= 0.3 is 5.97 Å². The molecule has 0 N–H and O–H groups in total. The summed E-state index contributed by atoms with van der Waals surface area (Å²) >= 11 is 0. The average molecular weight is 329 g/mol. The van der Waals surface area contributed by atoms with E-state index in [1.807, 2.05) is 30.3 Å². The van der Waals surface area contributed by atoms with Gasteiger partial charge in [-0.15, -0.1) is 5.10 Å². The fourth-order valence-corrected chi connectivity index (χ4v) is 2.73. The molecule has 0 saturated carbocycles. The zero-order valence-corrected chi connectivity index (χ0v) is 13.6. The van der Waals surface area contributed by atoms with Gasteiger partial charge in [0, 0.05) is 6.42 Å². The lowest BCUT2D eigenvalue weighted by atomic mass is 10.1. The monoisotopic (exact) mass is 329 g/mol. The van der Waals surface area contributed by atoms with Gasteiger partial charge in [-0.2, -0.15) is 0 Å². The van der Waals surface area contributed by atoms with E-state index in [2.05, 4.69) is 10.1 Å². The van der Waals surface area contributed by atoms with Gasteiger partial charge in [0.1, 0.15) is 12.1 Å². The topological polar surface area (TPSA) is 83.3 Å². The lowest BCUT2D eigenvalue weighted by molar-refractivity contribution is -0.120. The summed E-state index contributed by atoms with van der Waals surface area (Å²) in [7, 11) is 0. The van der Waals surface area contributed by atoms with Crippen LogP contribution >= 0.6 is 0 Å². The molecule has 0 bridgehead atoms. The van der Waals surface area contributed by atoms with Gasteiger partial charge in [-0.3, -0.25) is 4.79 Å². The molecule has 1 aliphatic rings. The molecule has 24 heavy (non-hydrogen) atoms. The SMILES string of the molecule is CCOC(=O)c1nc2n(n1)C(C(C)=O)CC2OCc1ccccc1. The molecule has 0 amide bonds. The van der Waals surface area contributed by atoms with Crippen LogP contribution in [0.1, 0.15) is 54.4 Å². The zero-order chi connectivity index (χ0) is 17.1. The highest BCUT2D eigenvalue weighted by Gasteiger charge is 2.38. The van der Waals surface area contributed by atoms with Crippen molar-refractivity contribution in [3.63, 3.8) is 0 Å². The minimum absolute atomic E-state index is 0.0360. The van der Waals surface area contributed by atoms with Crippen molar-refractivity contribution in [2.45, 2.75) is 39.0 Å². The summed E-state index contributed by atoms with van der Waals surface area (Å²) < 4.78 is 12.3. The maximum absolute atomic E-state index is 11.9. The summed E-state index contributed by atoms with van der Waals surface area (Å²) in [6.07, 6.45) is 0.0930. The standard InChI is InChI=1S/C17H19N3O4/c1-3-23-17(22)15-18-16-14(9-13(11(2)21)20(16)19-15)24-10-12-7-5-4-6-8-12/h4-8,13-14H,3,9-10H2,1-2H3. The van der Waals surface area contributed by atoms with E-state index in [1.165, 1.54) is 11.6 Å². The van der Waals surface area contributed by atoms with E-state index in [4.69, 9.17) is 9.47 Å². The summed E-state index contributed by atoms with van der Waals surface area (Å²) in [5, 5.41) is 4.15. The van der Waals surface area contributed by atoms with Crippen LogP contribution in [0.3, 0.4) is 0 Å². The van der Waals surface area contributed by atoms with Crippen LogP contribution in [0.15, 0.2) is 30.3 Å². The van der Waals surface area contributed by atoms with Crippen molar-refractivity contribution >= 4 is 11.8 Å². The largest absolute Gasteiger partial charge is 0.460 e. The van der Waals surface area contributed by atoms with Crippen molar-refractivity contribution in [3.05, 3.63) is 47.5 Å². The van der Waals surface area contributed by atoms with Gasteiger partial charge < -0.3 is 9.47 Å². The Morgan fingerprint density at radius 2 is 2.04 bits per heavy atom. The highest BCUT2D eigenvalue weighted by Crippen LogP contribution is 2.36. The van der Waals surface area contributed by atoms with E-state index >= 15 is 0 Å². The number of Topliss-reactive ketones (excluding diaryl/α,β-unsaturated/α-hetero) is 1. The van der Waals surface area contributed by atoms with E-state index in [1.54, 1.807) is 6.92 Å². The van der Waals surface area contributed by atoms with Crippen LogP contribution in [0.25, 0.3) is 0 Å². The zero-order valence-electron chi connectivity index (χ0n) is 13.6. The lowest BCUT2D eigenvalue weighted by Crippen LogP contribution is -2.15. The first-order valence-electron chi connectivity index (χ1n) is 7.89. The van der Waals surface area contributed by atoms with Crippen LogP contribution in [-0.2, 0) is 20.9 Å². The van der Waals surface area contributed by atoms with Gasteiger partial charge in [0.2, 0.25) is 0 Å². The number of hydrogen-bond donors (Lipinski definition) is 0. The number of hydrogen-bond acceptors (Lipinski definition) is 6. The Labute approximate surface area is 139 Å². The van der Waals surface area contributed by atoms with Crippen LogP contribution in [0, 0.1) is 0 Å². The maximum Gasteiger partial charge on any atom is 0.378 e. The van der Waals surface area contributed by atoms with Crippen LogP contribution in [0.4, 0.5) is 0 Å². The molecular formula is C17H19N3O4. The number of ether oxygens (including phenoxy) is 2. The molecule has 2 atom stereocenters. The third-order valence-corrected chi connectivity index (χ3v) is 3.90. The number of rotatable bonds is 6. The first-order chi connectivity index (χ1) is 11.6. The highest BCUT2D eigenvalue weighted by molar-refractivity contribution is 5.85. The van der Waals surface area contributed by atoms with Gasteiger partial charge in [-0.25, -0.2) is 14.5 Å². The number of nitrogens with zero attached hydrogens (tertiary/aromatic N) is 3.